The van der Waals surface area contributed by atoms with Crippen molar-refractivity contribution in [3.05, 3.63) is 36.5 Å². The molecule has 0 spiro atoms. The first kappa shape index (κ1) is 60.6. The van der Waals surface area contributed by atoms with Crippen LogP contribution >= 0.6 is 0 Å². The van der Waals surface area contributed by atoms with Crippen LogP contribution in [0.5, 0.6) is 0 Å². The Balaban J connectivity index is 4.29. The largest absolute Gasteiger partial charge is 0.462 e. The van der Waals surface area contributed by atoms with Crippen molar-refractivity contribution >= 4 is 17.9 Å². The highest BCUT2D eigenvalue weighted by atomic mass is 16.6. The molecule has 0 aromatic carbocycles. The smallest absolute Gasteiger partial charge is 0.306 e. The Bertz CT molecular complexity index is 1060. The average Bonchev–Trinajstić information content (AvgIpc) is 3.28. The van der Waals surface area contributed by atoms with E-state index in [9.17, 15) is 14.4 Å². The highest BCUT2D eigenvalue weighted by Crippen LogP contribution is 2.15. The van der Waals surface area contributed by atoms with Crippen LogP contribution in [0.2, 0.25) is 0 Å². The third kappa shape index (κ3) is 50.5. The van der Waals surface area contributed by atoms with E-state index in [1.165, 1.54) is 180 Å². The number of esters is 3. The molecular formula is C57H104O6. The number of hydrogen-bond acceptors (Lipinski definition) is 6. The zero-order valence-electron chi connectivity index (χ0n) is 42.1. The molecule has 0 aromatic heterocycles. The van der Waals surface area contributed by atoms with Gasteiger partial charge in [0.15, 0.2) is 6.10 Å². The lowest BCUT2D eigenvalue weighted by molar-refractivity contribution is -0.167. The molecule has 1 unspecified atom stereocenters. The molecule has 0 fully saturated rings. The molecule has 0 heterocycles. The molecule has 0 saturated carbocycles. The van der Waals surface area contributed by atoms with Crippen LogP contribution in [-0.4, -0.2) is 37.2 Å². The molecule has 6 heteroatoms. The highest BCUT2D eigenvalue weighted by Gasteiger charge is 2.19. The zero-order valence-corrected chi connectivity index (χ0v) is 42.1. The summed E-state index contributed by atoms with van der Waals surface area (Å²) in [4.78, 5) is 38.0. The summed E-state index contributed by atoms with van der Waals surface area (Å²) >= 11 is 0. The Labute approximate surface area is 391 Å². The maximum absolute atomic E-state index is 12.8. The summed E-state index contributed by atoms with van der Waals surface area (Å²) in [6, 6.07) is 0. The van der Waals surface area contributed by atoms with Gasteiger partial charge in [-0.2, -0.15) is 0 Å². The minimum Gasteiger partial charge on any atom is -0.462 e. The summed E-state index contributed by atoms with van der Waals surface area (Å²) < 4.78 is 16.8. The standard InChI is InChI=1S/C57H104O6/c1-4-7-10-13-16-19-21-23-25-27-28-30-31-33-35-38-41-44-47-50-56(59)62-53-54(52-61-55(58)49-46-43-40-37-18-15-12-9-6-3)63-57(60)51-48-45-42-39-36-34-32-29-26-24-22-20-17-14-11-8-5-2/h17,20,24,26-28,54H,4-16,18-19,21-23,25,29-53H2,1-3H3/b20-17-,26-24-,28-27-. The molecule has 0 bridgehead atoms. The van der Waals surface area contributed by atoms with Crippen molar-refractivity contribution in [1.29, 1.82) is 0 Å². The van der Waals surface area contributed by atoms with Gasteiger partial charge in [0.2, 0.25) is 0 Å². The molecule has 0 aliphatic carbocycles. The van der Waals surface area contributed by atoms with Gasteiger partial charge in [-0.05, 0) is 77.0 Å². The first-order chi connectivity index (χ1) is 31.0. The summed E-state index contributed by atoms with van der Waals surface area (Å²) in [5, 5.41) is 0. The Morgan fingerprint density at radius 1 is 0.317 bits per heavy atom. The van der Waals surface area contributed by atoms with Crippen molar-refractivity contribution < 1.29 is 28.6 Å². The van der Waals surface area contributed by atoms with Crippen LogP contribution in [0.15, 0.2) is 36.5 Å². The number of hydrogen-bond donors (Lipinski definition) is 0. The molecule has 0 aliphatic heterocycles. The van der Waals surface area contributed by atoms with Crippen LogP contribution in [0.4, 0.5) is 0 Å². The third-order valence-corrected chi connectivity index (χ3v) is 12.1. The molecule has 0 radical (unpaired) electrons. The van der Waals surface area contributed by atoms with Crippen LogP contribution in [0.25, 0.3) is 0 Å². The van der Waals surface area contributed by atoms with Crippen LogP contribution in [0, 0.1) is 0 Å². The number of unbranched alkanes of at least 4 members (excludes halogenated alkanes) is 33. The Morgan fingerprint density at radius 3 is 0.921 bits per heavy atom. The predicted molar refractivity (Wildman–Crippen MR) is 270 cm³/mol. The van der Waals surface area contributed by atoms with E-state index in [-0.39, 0.29) is 31.1 Å². The van der Waals surface area contributed by atoms with Gasteiger partial charge in [0.1, 0.15) is 13.2 Å². The van der Waals surface area contributed by atoms with Gasteiger partial charge >= 0.3 is 17.9 Å². The van der Waals surface area contributed by atoms with Crippen molar-refractivity contribution in [2.45, 2.75) is 297 Å². The SMILES string of the molecule is CCCCC/C=C\C/C=C\CCCCCCCCCC(=O)OC(COC(=O)CCCCCCCCC/C=C\CCCCCCCCCC)COC(=O)CCCCCCCCCCC. The second-order valence-corrected chi connectivity index (χ2v) is 18.5. The molecule has 0 saturated heterocycles. The third-order valence-electron chi connectivity index (χ3n) is 12.1. The monoisotopic (exact) mass is 885 g/mol. The van der Waals surface area contributed by atoms with Crippen molar-refractivity contribution in [3.63, 3.8) is 0 Å². The quantitative estimate of drug-likeness (QED) is 0.0262. The second-order valence-electron chi connectivity index (χ2n) is 18.5. The lowest BCUT2D eigenvalue weighted by Crippen LogP contribution is -2.30. The van der Waals surface area contributed by atoms with Crippen molar-refractivity contribution in [3.8, 4) is 0 Å². The lowest BCUT2D eigenvalue weighted by atomic mass is 10.1. The maximum Gasteiger partial charge on any atom is 0.306 e. The molecule has 0 amide bonds. The van der Waals surface area contributed by atoms with Gasteiger partial charge in [-0.25, -0.2) is 0 Å². The van der Waals surface area contributed by atoms with E-state index in [1.54, 1.807) is 0 Å². The van der Waals surface area contributed by atoms with Crippen molar-refractivity contribution in [1.82, 2.24) is 0 Å². The highest BCUT2D eigenvalue weighted by molar-refractivity contribution is 5.71. The van der Waals surface area contributed by atoms with Gasteiger partial charge < -0.3 is 14.2 Å². The number of carbonyl (C=O) groups excluding carboxylic acids is 3. The lowest BCUT2D eigenvalue weighted by Gasteiger charge is -2.18. The van der Waals surface area contributed by atoms with Gasteiger partial charge in [0.05, 0.1) is 0 Å². The Morgan fingerprint density at radius 2 is 0.571 bits per heavy atom. The van der Waals surface area contributed by atoms with Crippen LogP contribution < -0.4 is 0 Å². The molecule has 368 valence electrons. The Kier molecular flexibility index (Phi) is 50.3. The van der Waals surface area contributed by atoms with E-state index < -0.39 is 6.10 Å². The maximum atomic E-state index is 12.8. The minimum absolute atomic E-state index is 0.0741. The zero-order chi connectivity index (χ0) is 45.8. The fourth-order valence-corrected chi connectivity index (χ4v) is 7.94. The summed E-state index contributed by atoms with van der Waals surface area (Å²) in [5.74, 6) is -0.877. The van der Waals surface area contributed by atoms with E-state index in [0.29, 0.717) is 19.3 Å². The summed E-state index contributed by atoms with van der Waals surface area (Å²) in [6.45, 7) is 6.61. The van der Waals surface area contributed by atoms with Gasteiger partial charge in [-0.3, -0.25) is 14.4 Å². The summed E-state index contributed by atoms with van der Waals surface area (Å²) in [6.07, 6.45) is 61.3. The van der Waals surface area contributed by atoms with Crippen LogP contribution in [0.3, 0.4) is 0 Å². The van der Waals surface area contributed by atoms with E-state index in [1.807, 2.05) is 0 Å². The van der Waals surface area contributed by atoms with Crippen LogP contribution in [-0.2, 0) is 28.6 Å². The molecule has 0 aromatic rings. The van der Waals surface area contributed by atoms with Gasteiger partial charge in [0, 0.05) is 19.3 Å². The second kappa shape index (κ2) is 52.3. The molecule has 1 atom stereocenters. The summed E-state index contributed by atoms with van der Waals surface area (Å²) in [7, 11) is 0. The predicted octanol–water partition coefficient (Wildman–Crippen LogP) is 18.1. The number of allylic oxidation sites excluding steroid dienone is 6. The molecule has 0 N–H and O–H groups in total. The molecular weight excluding hydrogens is 781 g/mol. The van der Waals surface area contributed by atoms with Crippen molar-refractivity contribution in [2.24, 2.45) is 0 Å². The fourth-order valence-electron chi connectivity index (χ4n) is 7.94. The Hall–Kier alpha value is -2.37. The van der Waals surface area contributed by atoms with E-state index in [0.717, 1.165) is 70.6 Å². The molecule has 63 heavy (non-hydrogen) atoms. The topological polar surface area (TPSA) is 78.9 Å². The van der Waals surface area contributed by atoms with Gasteiger partial charge in [-0.15, -0.1) is 0 Å². The number of rotatable bonds is 50. The van der Waals surface area contributed by atoms with E-state index in [2.05, 4.69) is 57.2 Å². The van der Waals surface area contributed by atoms with E-state index >= 15 is 0 Å². The fraction of sp³-hybridized carbons (Fsp3) is 0.842. The molecule has 6 nitrogen and oxygen atoms in total. The molecule has 0 rings (SSSR count). The summed E-state index contributed by atoms with van der Waals surface area (Å²) in [5.41, 5.74) is 0. The van der Waals surface area contributed by atoms with E-state index in [4.69, 9.17) is 14.2 Å². The minimum atomic E-state index is -0.774. The van der Waals surface area contributed by atoms with Gasteiger partial charge in [-0.1, -0.05) is 231 Å². The number of carbonyl (C=O) groups is 3. The average molecular weight is 885 g/mol. The molecule has 0 aliphatic rings. The first-order valence-electron chi connectivity index (χ1n) is 27.5. The number of ether oxygens (including phenoxy) is 3. The van der Waals surface area contributed by atoms with Crippen LogP contribution in [0.1, 0.15) is 290 Å². The first-order valence-corrected chi connectivity index (χ1v) is 27.5. The normalized spacial score (nSPS) is 12.2. The van der Waals surface area contributed by atoms with Gasteiger partial charge in [0.25, 0.3) is 0 Å². The van der Waals surface area contributed by atoms with Crippen molar-refractivity contribution in [2.75, 3.05) is 13.2 Å².